The maximum atomic E-state index is 2.54. The first-order valence-electron chi connectivity index (χ1n) is 5.54. The van der Waals surface area contributed by atoms with Crippen LogP contribution in [-0.4, -0.2) is 7.28 Å². The average Bonchev–Trinajstić information content (AvgIpc) is 1.71. The minimum Gasteiger partial charge on any atom is -0.0677 e. The Hall–Kier alpha value is 0.0649. The third-order valence-corrected chi connectivity index (χ3v) is 3.13. The molecule has 1 rings (SSSR count). The van der Waals surface area contributed by atoms with E-state index in [1.807, 2.05) is 0 Å². The predicted molar refractivity (Wildman–Crippen MR) is 61.4 cm³/mol. The zero-order valence-corrected chi connectivity index (χ0v) is 10.1. The van der Waals surface area contributed by atoms with E-state index in [1.165, 1.54) is 12.8 Å². The van der Waals surface area contributed by atoms with E-state index in [1.54, 1.807) is 0 Å². The van der Waals surface area contributed by atoms with Gasteiger partial charge >= 0.3 is 0 Å². The van der Waals surface area contributed by atoms with Gasteiger partial charge in [-0.2, -0.15) is 0 Å². The van der Waals surface area contributed by atoms with Gasteiger partial charge in [0, 0.05) is 0 Å². The predicted octanol–water partition coefficient (Wildman–Crippen LogP) is 4.15. The van der Waals surface area contributed by atoms with E-state index in [-0.39, 0.29) is 0 Å². The highest BCUT2D eigenvalue weighted by Gasteiger charge is 2.38. The van der Waals surface area contributed by atoms with Crippen molar-refractivity contribution in [3.8, 4) is 0 Å². The van der Waals surface area contributed by atoms with Crippen molar-refractivity contribution < 1.29 is 0 Å². The van der Waals surface area contributed by atoms with Gasteiger partial charge in [-0.15, -0.1) is 0 Å². The Morgan fingerprint density at radius 3 is 1.69 bits per heavy atom. The minimum atomic E-state index is 0.410. The van der Waals surface area contributed by atoms with Gasteiger partial charge in [-0.05, 0) is 11.3 Å². The zero-order chi connectivity index (χ0) is 10.3. The summed E-state index contributed by atoms with van der Waals surface area (Å²) in [7, 11) is 2.54. The fourth-order valence-corrected chi connectivity index (χ4v) is 2.21. The zero-order valence-electron chi connectivity index (χ0n) is 10.1. The highest BCUT2D eigenvalue weighted by Crippen LogP contribution is 2.50. The molecule has 0 heterocycles. The number of rotatable bonds is 1. The van der Waals surface area contributed by atoms with Crippen LogP contribution in [0.2, 0.25) is 11.1 Å². The molecule has 0 atom stereocenters. The molecule has 0 aromatic heterocycles. The molecular formula is C12H24B. The molecule has 0 saturated heterocycles. The molecule has 1 fully saturated rings. The summed E-state index contributed by atoms with van der Waals surface area (Å²) < 4.78 is 0. The largest absolute Gasteiger partial charge is 0.121 e. The van der Waals surface area contributed by atoms with Gasteiger partial charge in [0.2, 0.25) is 0 Å². The summed E-state index contributed by atoms with van der Waals surface area (Å²) in [6.45, 7) is 14.0. The molecular weight excluding hydrogens is 155 g/mol. The monoisotopic (exact) mass is 179 g/mol. The normalized spacial score (nSPS) is 29.7. The van der Waals surface area contributed by atoms with Crippen molar-refractivity contribution in [3.05, 3.63) is 0 Å². The Kier molecular flexibility index (Phi) is 2.85. The van der Waals surface area contributed by atoms with Crippen LogP contribution in [0.15, 0.2) is 0 Å². The standard InChI is InChI=1S/C12H24B/c1-11(2,3)9-7-10(8-9)13-12(4,5)6/h9-10H,7-8H2,1-6H3. The Bertz CT molecular complexity index is 165. The van der Waals surface area contributed by atoms with Crippen molar-refractivity contribution in [1.29, 1.82) is 0 Å². The molecule has 0 unspecified atom stereocenters. The smallest absolute Gasteiger partial charge is 0.0677 e. The third-order valence-electron chi connectivity index (χ3n) is 3.13. The molecule has 0 aromatic rings. The number of hydrogen-bond acceptors (Lipinski definition) is 0. The van der Waals surface area contributed by atoms with E-state index in [4.69, 9.17) is 0 Å². The molecule has 0 amide bonds. The molecule has 13 heavy (non-hydrogen) atoms. The lowest BCUT2D eigenvalue weighted by atomic mass is 9.40. The van der Waals surface area contributed by atoms with E-state index in [0.29, 0.717) is 10.7 Å². The highest BCUT2D eigenvalue weighted by atomic mass is 14.4. The second-order valence-corrected chi connectivity index (χ2v) is 6.83. The van der Waals surface area contributed by atoms with Gasteiger partial charge in [-0.25, -0.2) is 0 Å². The minimum absolute atomic E-state index is 0.410. The lowest BCUT2D eigenvalue weighted by Crippen LogP contribution is -2.35. The van der Waals surface area contributed by atoms with Crippen molar-refractivity contribution in [1.82, 2.24) is 0 Å². The lowest BCUT2D eigenvalue weighted by Gasteiger charge is -2.45. The Balaban J connectivity index is 2.27. The van der Waals surface area contributed by atoms with E-state index < -0.39 is 0 Å². The van der Waals surface area contributed by atoms with Gasteiger partial charge in [-0.3, -0.25) is 0 Å². The Labute approximate surface area is 84.7 Å². The van der Waals surface area contributed by atoms with Crippen LogP contribution in [0.1, 0.15) is 54.4 Å². The lowest BCUT2D eigenvalue weighted by molar-refractivity contribution is 0.139. The summed E-state index contributed by atoms with van der Waals surface area (Å²) in [4.78, 5) is 0. The Morgan fingerprint density at radius 1 is 0.923 bits per heavy atom. The molecule has 1 aliphatic rings. The average molecular weight is 179 g/mol. The SMILES string of the molecule is CC(C)(C)[B]C1CC(C(C)(C)C)C1. The van der Waals surface area contributed by atoms with E-state index in [2.05, 4.69) is 48.8 Å². The molecule has 0 aliphatic heterocycles. The molecule has 0 aromatic carbocycles. The summed E-state index contributed by atoms with van der Waals surface area (Å²) in [6.07, 6.45) is 2.83. The maximum absolute atomic E-state index is 2.54. The van der Waals surface area contributed by atoms with Gasteiger partial charge in [0.1, 0.15) is 7.28 Å². The van der Waals surface area contributed by atoms with Crippen LogP contribution < -0.4 is 0 Å². The third kappa shape index (κ3) is 3.36. The first-order valence-corrected chi connectivity index (χ1v) is 5.54. The van der Waals surface area contributed by atoms with Gasteiger partial charge in [0.15, 0.2) is 0 Å². The van der Waals surface area contributed by atoms with Crippen molar-refractivity contribution in [3.63, 3.8) is 0 Å². The molecule has 75 valence electrons. The summed E-state index contributed by atoms with van der Waals surface area (Å²) in [5.41, 5.74) is 0.530. The summed E-state index contributed by atoms with van der Waals surface area (Å²) in [5, 5.41) is 0.410. The topological polar surface area (TPSA) is 0 Å². The van der Waals surface area contributed by atoms with Crippen LogP contribution in [0.5, 0.6) is 0 Å². The number of hydrogen-bond donors (Lipinski definition) is 0. The van der Waals surface area contributed by atoms with Crippen molar-refractivity contribution in [2.24, 2.45) is 11.3 Å². The van der Waals surface area contributed by atoms with Gasteiger partial charge < -0.3 is 0 Å². The molecule has 0 nitrogen and oxygen atoms in total. The van der Waals surface area contributed by atoms with Crippen molar-refractivity contribution in [2.75, 3.05) is 0 Å². The molecule has 1 aliphatic carbocycles. The van der Waals surface area contributed by atoms with Crippen LogP contribution in [0.4, 0.5) is 0 Å². The molecule has 0 N–H and O–H groups in total. The first-order chi connectivity index (χ1) is 5.68. The molecule has 1 heteroatoms. The summed E-state index contributed by atoms with van der Waals surface area (Å²) in [5.74, 6) is 1.85. The van der Waals surface area contributed by atoms with E-state index in [9.17, 15) is 0 Å². The van der Waals surface area contributed by atoms with Crippen LogP contribution in [-0.2, 0) is 0 Å². The van der Waals surface area contributed by atoms with Crippen molar-refractivity contribution in [2.45, 2.75) is 65.5 Å². The fourth-order valence-electron chi connectivity index (χ4n) is 2.21. The molecule has 0 bridgehead atoms. The van der Waals surface area contributed by atoms with Crippen LogP contribution in [0.3, 0.4) is 0 Å². The maximum Gasteiger partial charge on any atom is 0.121 e. The second-order valence-electron chi connectivity index (χ2n) is 6.83. The first kappa shape index (κ1) is 11.1. The fraction of sp³-hybridized carbons (Fsp3) is 1.00. The van der Waals surface area contributed by atoms with Crippen molar-refractivity contribution >= 4 is 7.28 Å². The van der Waals surface area contributed by atoms with E-state index >= 15 is 0 Å². The van der Waals surface area contributed by atoms with Crippen LogP contribution in [0, 0.1) is 11.3 Å². The molecule has 0 spiro atoms. The Morgan fingerprint density at radius 2 is 1.38 bits per heavy atom. The summed E-state index contributed by atoms with van der Waals surface area (Å²) in [6, 6.07) is 0. The quantitative estimate of drug-likeness (QED) is 0.530. The molecule has 1 radical (unpaired) electrons. The van der Waals surface area contributed by atoms with Gasteiger partial charge in [0.05, 0.1) is 0 Å². The van der Waals surface area contributed by atoms with Crippen LogP contribution >= 0.6 is 0 Å². The highest BCUT2D eigenvalue weighted by molar-refractivity contribution is 6.41. The summed E-state index contributed by atoms with van der Waals surface area (Å²) >= 11 is 0. The van der Waals surface area contributed by atoms with Crippen LogP contribution in [0.25, 0.3) is 0 Å². The van der Waals surface area contributed by atoms with Gasteiger partial charge in [0.25, 0.3) is 0 Å². The van der Waals surface area contributed by atoms with E-state index in [0.717, 1.165) is 11.7 Å². The molecule has 1 saturated carbocycles. The van der Waals surface area contributed by atoms with Gasteiger partial charge in [-0.1, -0.05) is 65.5 Å². The second kappa shape index (κ2) is 3.33.